The Bertz CT molecular complexity index is 387. The molecule has 0 unspecified atom stereocenters. The fourth-order valence-corrected chi connectivity index (χ4v) is 0.803. The van der Waals surface area contributed by atoms with Crippen LogP contribution in [0.5, 0.6) is 5.75 Å². The van der Waals surface area contributed by atoms with Gasteiger partial charge in [-0.25, -0.2) is 22.4 Å². The molecule has 0 aliphatic rings. The number of carboxylic acid groups (broad SMARTS) is 1. The molecule has 0 bridgehead atoms. The molecule has 0 saturated heterocycles. The molecule has 0 fully saturated rings. The third kappa shape index (κ3) is 1.26. The van der Waals surface area contributed by atoms with Crippen LogP contribution in [0.25, 0.3) is 0 Å². The van der Waals surface area contributed by atoms with Crippen molar-refractivity contribution in [1.82, 2.24) is 0 Å². The Balaban J connectivity index is 3.68. The number of carbonyl (C=O) groups is 1. The minimum absolute atomic E-state index is 1.75. The molecule has 0 aliphatic heterocycles. The quantitative estimate of drug-likeness (QED) is 0.426. The van der Waals surface area contributed by atoms with Crippen LogP contribution in [0.3, 0.4) is 0 Å². The lowest BCUT2D eigenvalue weighted by Gasteiger charge is -2.13. The molecule has 0 aliphatic carbocycles. The predicted molar refractivity (Wildman–Crippen MR) is 32.7 cm³/mol. The van der Waals surface area contributed by atoms with Gasteiger partial charge in [0.25, 0.3) is 0 Å². The smallest absolute Gasteiger partial charge is 0.338 e. The number of halogens is 4. The zero-order valence-corrected chi connectivity index (χ0v) is 6.28. The van der Waals surface area contributed by atoms with Crippen molar-refractivity contribution in [3.05, 3.63) is 28.8 Å². The minimum atomic E-state index is -2.32. The summed E-state index contributed by atoms with van der Waals surface area (Å²) < 4.78 is 49.7. The molecule has 0 amide bonds. The van der Waals surface area contributed by atoms with Gasteiger partial charge in [-0.15, -0.1) is 0 Å². The maximum absolute atomic E-state index is 12.6. The molecule has 1 N–H and O–H groups in total. The Morgan fingerprint density at radius 1 is 1.00 bits per heavy atom. The van der Waals surface area contributed by atoms with Crippen LogP contribution < -0.4 is 5.11 Å². The Labute approximate surface area is 74.2 Å². The summed E-state index contributed by atoms with van der Waals surface area (Å²) in [6.45, 7) is 0. The van der Waals surface area contributed by atoms with Gasteiger partial charge in [0, 0.05) is 0 Å². The molecule has 3 nitrogen and oxygen atoms in total. The lowest BCUT2D eigenvalue weighted by atomic mass is 10.1. The molecule has 0 aromatic heterocycles. The number of hydrogen-bond acceptors (Lipinski definition) is 2. The van der Waals surface area contributed by atoms with Crippen LogP contribution in [0.4, 0.5) is 17.6 Å². The first-order valence-electron chi connectivity index (χ1n) is 3.14. The molecular weight excluding hydrogens is 208 g/mol. The van der Waals surface area contributed by atoms with Gasteiger partial charge >= 0.3 is 5.97 Å². The van der Waals surface area contributed by atoms with Crippen LogP contribution in [-0.4, -0.2) is 11.1 Å². The van der Waals surface area contributed by atoms with E-state index in [9.17, 15) is 27.5 Å². The highest BCUT2D eigenvalue weighted by Gasteiger charge is 2.24. The Hall–Kier alpha value is -1.79. The van der Waals surface area contributed by atoms with Crippen molar-refractivity contribution in [2.75, 3.05) is 0 Å². The first-order chi connectivity index (χ1) is 6.37. The highest BCUT2D eigenvalue weighted by atomic mass is 19.2. The molecule has 0 radical (unpaired) electrons. The van der Waals surface area contributed by atoms with Gasteiger partial charge in [0.05, 0.1) is 5.56 Å². The first kappa shape index (κ1) is 10.3. The number of aromatic carboxylic acids is 1. The molecule has 0 heterocycles. The molecule has 0 spiro atoms. The molecule has 0 atom stereocenters. The summed E-state index contributed by atoms with van der Waals surface area (Å²) in [7, 11) is 0. The van der Waals surface area contributed by atoms with Gasteiger partial charge in [0.1, 0.15) is 0 Å². The van der Waals surface area contributed by atoms with E-state index in [2.05, 4.69) is 0 Å². The number of benzene rings is 1. The van der Waals surface area contributed by atoms with Crippen LogP contribution >= 0.6 is 0 Å². The van der Waals surface area contributed by atoms with Gasteiger partial charge in [-0.2, -0.15) is 0 Å². The summed E-state index contributed by atoms with van der Waals surface area (Å²) in [5.74, 6) is -13.3. The Kier molecular flexibility index (Phi) is 2.33. The second kappa shape index (κ2) is 3.17. The van der Waals surface area contributed by atoms with E-state index in [1.807, 2.05) is 0 Å². The van der Waals surface area contributed by atoms with Crippen molar-refractivity contribution in [3.8, 4) is 5.75 Å². The fraction of sp³-hybridized carbons (Fsp3) is 0. The van der Waals surface area contributed by atoms with Crippen molar-refractivity contribution in [2.45, 2.75) is 0 Å². The monoisotopic (exact) mass is 209 g/mol. The molecule has 76 valence electrons. The van der Waals surface area contributed by atoms with Gasteiger partial charge < -0.3 is 10.2 Å². The normalized spacial score (nSPS) is 10.3. The lowest BCUT2D eigenvalue weighted by Crippen LogP contribution is -2.13. The molecular formula is C7HF4O3-. The predicted octanol–water partition coefficient (Wildman–Crippen LogP) is 1.01. The van der Waals surface area contributed by atoms with E-state index in [1.165, 1.54) is 0 Å². The van der Waals surface area contributed by atoms with Gasteiger partial charge in [0.15, 0.2) is 23.3 Å². The highest BCUT2D eigenvalue weighted by molar-refractivity contribution is 5.91. The van der Waals surface area contributed by atoms with Crippen LogP contribution in [0, 0.1) is 23.3 Å². The summed E-state index contributed by atoms with van der Waals surface area (Å²) in [5, 5.41) is 18.8. The summed E-state index contributed by atoms with van der Waals surface area (Å²) >= 11 is 0. The Morgan fingerprint density at radius 3 is 1.86 bits per heavy atom. The molecule has 0 saturated carbocycles. The van der Waals surface area contributed by atoms with Gasteiger partial charge in [-0.1, -0.05) is 5.75 Å². The first-order valence-corrected chi connectivity index (χ1v) is 3.14. The van der Waals surface area contributed by atoms with E-state index in [4.69, 9.17) is 5.11 Å². The summed E-state index contributed by atoms with van der Waals surface area (Å²) in [6, 6.07) is 0. The topological polar surface area (TPSA) is 60.4 Å². The SMILES string of the molecule is O=C(O)c1c([O-])c(F)c(F)c(F)c1F. The van der Waals surface area contributed by atoms with Crippen LogP contribution in [0.2, 0.25) is 0 Å². The number of rotatable bonds is 1. The van der Waals surface area contributed by atoms with E-state index in [1.54, 1.807) is 0 Å². The highest BCUT2D eigenvalue weighted by Crippen LogP contribution is 2.26. The van der Waals surface area contributed by atoms with Crippen molar-refractivity contribution in [3.63, 3.8) is 0 Å². The van der Waals surface area contributed by atoms with Crippen molar-refractivity contribution in [2.24, 2.45) is 0 Å². The third-order valence-corrected chi connectivity index (χ3v) is 1.44. The molecule has 1 aromatic carbocycles. The zero-order chi connectivity index (χ0) is 11.0. The molecule has 14 heavy (non-hydrogen) atoms. The van der Waals surface area contributed by atoms with E-state index in [0.29, 0.717) is 0 Å². The van der Waals surface area contributed by atoms with Crippen LogP contribution in [-0.2, 0) is 0 Å². The van der Waals surface area contributed by atoms with Crippen molar-refractivity contribution >= 4 is 5.97 Å². The zero-order valence-electron chi connectivity index (χ0n) is 6.28. The number of carboxylic acids is 1. The molecule has 1 rings (SSSR count). The van der Waals surface area contributed by atoms with Gasteiger partial charge in [-0.05, 0) is 0 Å². The minimum Gasteiger partial charge on any atom is -0.870 e. The Morgan fingerprint density at radius 2 is 1.43 bits per heavy atom. The summed E-state index contributed by atoms with van der Waals surface area (Å²) in [6.07, 6.45) is 0. The van der Waals surface area contributed by atoms with E-state index >= 15 is 0 Å². The standard InChI is InChI=1S/C7H2F4O3/c8-2-1(7(13)14)6(12)5(11)4(10)3(2)9/h12H,(H,13,14)/p-1. The average Bonchev–Trinajstić information content (AvgIpc) is 2.11. The van der Waals surface area contributed by atoms with E-state index < -0.39 is 40.6 Å². The lowest BCUT2D eigenvalue weighted by molar-refractivity contribution is -0.273. The summed E-state index contributed by atoms with van der Waals surface area (Å²) in [4.78, 5) is 10.2. The fourth-order valence-electron chi connectivity index (χ4n) is 0.803. The van der Waals surface area contributed by atoms with Crippen molar-refractivity contribution in [1.29, 1.82) is 0 Å². The van der Waals surface area contributed by atoms with Crippen LogP contribution in [0.15, 0.2) is 0 Å². The maximum Gasteiger partial charge on any atom is 0.338 e. The number of hydrogen-bond donors (Lipinski definition) is 1. The largest absolute Gasteiger partial charge is 0.870 e. The van der Waals surface area contributed by atoms with Gasteiger partial charge in [-0.3, -0.25) is 0 Å². The van der Waals surface area contributed by atoms with Crippen molar-refractivity contribution < 1.29 is 32.6 Å². The maximum atomic E-state index is 12.6. The van der Waals surface area contributed by atoms with Crippen LogP contribution in [0.1, 0.15) is 10.4 Å². The summed E-state index contributed by atoms with van der Waals surface area (Å²) in [5.41, 5.74) is -1.75. The second-order valence-electron chi connectivity index (χ2n) is 2.27. The molecule has 7 heteroatoms. The second-order valence-corrected chi connectivity index (χ2v) is 2.27. The van der Waals surface area contributed by atoms with E-state index in [0.717, 1.165) is 0 Å². The third-order valence-electron chi connectivity index (χ3n) is 1.44. The van der Waals surface area contributed by atoms with E-state index in [-0.39, 0.29) is 0 Å². The average molecular weight is 209 g/mol. The molecule has 1 aromatic rings. The van der Waals surface area contributed by atoms with Gasteiger partial charge in [0.2, 0.25) is 0 Å².